The van der Waals surface area contributed by atoms with Crippen LogP contribution in [0.1, 0.15) is 19.8 Å². The van der Waals surface area contributed by atoms with Gasteiger partial charge in [0.2, 0.25) is 0 Å². The lowest BCUT2D eigenvalue weighted by Crippen LogP contribution is -2.49. The van der Waals surface area contributed by atoms with Crippen molar-refractivity contribution >= 4 is 38.2 Å². The van der Waals surface area contributed by atoms with Crippen LogP contribution in [0, 0.1) is 5.92 Å². The zero-order valence-electron chi connectivity index (χ0n) is 12.7. The topological polar surface area (TPSA) is 63.4 Å². The van der Waals surface area contributed by atoms with Gasteiger partial charge in [-0.15, -0.1) is 12.4 Å². The number of hydrogen-bond acceptors (Lipinski definition) is 4. The van der Waals surface area contributed by atoms with Crippen LogP contribution in [0.25, 0.3) is 0 Å². The fourth-order valence-corrected chi connectivity index (χ4v) is 4.52. The third kappa shape index (κ3) is 4.93. The van der Waals surface area contributed by atoms with Crippen molar-refractivity contribution < 1.29 is 8.42 Å². The van der Waals surface area contributed by atoms with E-state index in [-0.39, 0.29) is 18.2 Å². The molecule has 2 rings (SSSR count). The number of benzene rings is 1. The number of sulfone groups is 1. The summed E-state index contributed by atoms with van der Waals surface area (Å²) in [5, 5.41) is 0. The molecule has 1 aromatic rings. The molecule has 2 N–H and O–H groups in total. The van der Waals surface area contributed by atoms with E-state index in [1.54, 1.807) is 24.3 Å². The van der Waals surface area contributed by atoms with Crippen molar-refractivity contribution in [1.29, 1.82) is 0 Å². The van der Waals surface area contributed by atoms with Crippen LogP contribution in [0.5, 0.6) is 0 Å². The van der Waals surface area contributed by atoms with Crippen LogP contribution in [0.2, 0.25) is 0 Å². The van der Waals surface area contributed by atoms with Gasteiger partial charge in [-0.05, 0) is 49.6 Å². The van der Waals surface area contributed by atoms with Crippen molar-refractivity contribution in [2.75, 3.05) is 25.4 Å². The lowest BCUT2D eigenvalue weighted by Gasteiger charge is -2.39. The monoisotopic (exact) mass is 410 g/mol. The maximum absolute atomic E-state index is 12.4. The van der Waals surface area contributed by atoms with Crippen LogP contribution < -0.4 is 5.73 Å². The lowest BCUT2D eigenvalue weighted by molar-refractivity contribution is 0.113. The summed E-state index contributed by atoms with van der Waals surface area (Å²) in [7, 11) is -3.23. The summed E-state index contributed by atoms with van der Waals surface area (Å²) in [5.74, 6) is 0.692. The average molecular weight is 412 g/mol. The van der Waals surface area contributed by atoms with E-state index in [2.05, 4.69) is 27.8 Å². The Balaban J connectivity index is 0.00000242. The van der Waals surface area contributed by atoms with Gasteiger partial charge in [-0.25, -0.2) is 8.42 Å². The van der Waals surface area contributed by atoms with Crippen LogP contribution in [0.3, 0.4) is 0 Å². The third-order valence-electron chi connectivity index (χ3n) is 4.29. The second-order valence-electron chi connectivity index (χ2n) is 5.73. The van der Waals surface area contributed by atoms with E-state index >= 15 is 0 Å². The molecule has 0 aromatic heterocycles. The van der Waals surface area contributed by atoms with E-state index in [4.69, 9.17) is 5.73 Å². The molecule has 126 valence electrons. The van der Waals surface area contributed by atoms with Crippen molar-refractivity contribution in [3.05, 3.63) is 28.7 Å². The summed E-state index contributed by atoms with van der Waals surface area (Å²) in [5.41, 5.74) is 5.85. The Hall–Kier alpha value is -0.140. The SMILES string of the molecule is CC1CCCN(CCS(=O)(=O)c2ccc(Br)cc2)C1CN.Cl. The molecule has 0 amide bonds. The molecule has 1 saturated heterocycles. The fourth-order valence-electron chi connectivity index (χ4n) is 2.99. The predicted octanol–water partition coefficient (Wildman–Crippen LogP) is 2.70. The van der Waals surface area contributed by atoms with Gasteiger partial charge in [0.15, 0.2) is 9.84 Å². The molecule has 4 nitrogen and oxygen atoms in total. The summed E-state index contributed by atoms with van der Waals surface area (Å²) in [4.78, 5) is 2.63. The molecule has 0 spiro atoms. The van der Waals surface area contributed by atoms with Gasteiger partial charge >= 0.3 is 0 Å². The first-order valence-electron chi connectivity index (χ1n) is 7.36. The number of halogens is 2. The van der Waals surface area contributed by atoms with Gasteiger partial charge in [-0.3, -0.25) is 4.90 Å². The van der Waals surface area contributed by atoms with Gasteiger partial charge in [0, 0.05) is 23.6 Å². The Bertz CT molecular complexity index is 565. The Labute approximate surface area is 147 Å². The minimum absolute atomic E-state index is 0. The zero-order valence-corrected chi connectivity index (χ0v) is 16.0. The van der Waals surface area contributed by atoms with Crippen LogP contribution in [0.15, 0.2) is 33.6 Å². The van der Waals surface area contributed by atoms with E-state index in [1.807, 2.05) is 0 Å². The molecule has 1 aliphatic rings. The highest BCUT2D eigenvalue weighted by Crippen LogP contribution is 2.23. The number of nitrogens with two attached hydrogens (primary N) is 1. The van der Waals surface area contributed by atoms with Gasteiger partial charge in [0.25, 0.3) is 0 Å². The standard InChI is InChI=1S/C15H23BrN2O2S.ClH/c1-12-3-2-8-18(15(12)11-17)9-10-21(19,20)14-6-4-13(16)5-7-14;/h4-7,12,15H,2-3,8-11,17H2,1H3;1H. The maximum Gasteiger partial charge on any atom is 0.179 e. The summed E-state index contributed by atoms with van der Waals surface area (Å²) < 4.78 is 25.7. The van der Waals surface area contributed by atoms with Crippen LogP contribution in [0.4, 0.5) is 0 Å². The summed E-state index contributed by atoms with van der Waals surface area (Å²) in [6.07, 6.45) is 2.30. The molecule has 2 unspecified atom stereocenters. The summed E-state index contributed by atoms with van der Waals surface area (Å²) in [6.45, 7) is 4.30. The van der Waals surface area contributed by atoms with Gasteiger partial charge in [-0.1, -0.05) is 22.9 Å². The quantitative estimate of drug-likeness (QED) is 0.809. The van der Waals surface area contributed by atoms with Gasteiger partial charge in [-0.2, -0.15) is 0 Å². The van der Waals surface area contributed by atoms with E-state index < -0.39 is 9.84 Å². The normalized spacial score (nSPS) is 23.0. The first-order chi connectivity index (χ1) is 9.94. The second kappa shape index (κ2) is 8.64. The Morgan fingerprint density at radius 3 is 2.55 bits per heavy atom. The molecule has 1 fully saturated rings. The smallest absolute Gasteiger partial charge is 0.179 e. The molecule has 0 radical (unpaired) electrons. The van der Waals surface area contributed by atoms with Crippen molar-refractivity contribution in [3.63, 3.8) is 0 Å². The van der Waals surface area contributed by atoms with Crippen molar-refractivity contribution in [2.24, 2.45) is 11.7 Å². The number of hydrogen-bond donors (Lipinski definition) is 1. The van der Waals surface area contributed by atoms with Crippen molar-refractivity contribution in [2.45, 2.75) is 30.7 Å². The van der Waals surface area contributed by atoms with Gasteiger partial charge < -0.3 is 5.73 Å². The number of nitrogens with zero attached hydrogens (tertiary/aromatic N) is 1. The minimum atomic E-state index is -3.23. The lowest BCUT2D eigenvalue weighted by atomic mass is 9.91. The molecule has 1 heterocycles. The first-order valence-corrected chi connectivity index (χ1v) is 9.81. The molecule has 0 aliphatic carbocycles. The first kappa shape index (κ1) is 19.9. The molecule has 1 aliphatic heterocycles. The van der Waals surface area contributed by atoms with Gasteiger partial charge in [0.05, 0.1) is 10.6 Å². The van der Waals surface area contributed by atoms with E-state index in [9.17, 15) is 8.42 Å². The highest BCUT2D eigenvalue weighted by Gasteiger charge is 2.28. The molecular formula is C15H24BrClN2O2S. The minimum Gasteiger partial charge on any atom is -0.329 e. The van der Waals surface area contributed by atoms with E-state index in [0.717, 1.165) is 17.4 Å². The number of likely N-dealkylation sites (tertiary alicyclic amines) is 1. The highest BCUT2D eigenvalue weighted by molar-refractivity contribution is 9.10. The highest BCUT2D eigenvalue weighted by atomic mass is 79.9. The average Bonchev–Trinajstić information content (AvgIpc) is 2.46. The van der Waals surface area contributed by atoms with Crippen LogP contribution >= 0.6 is 28.3 Å². The predicted molar refractivity (Wildman–Crippen MR) is 96.3 cm³/mol. The molecule has 7 heteroatoms. The molecule has 2 atom stereocenters. The molecular weight excluding hydrogens is 388 g/mol. The molecule has 22 heavy (non-hydrogen) atoms. The Morgan fingerprint density at radius 2 is 1.95 bits per heavy atom. The van der Waals surface area contributed by atoms with E-state index in [0.29, 0.717) is 29.9 Å². The molecule has 1 aromatic carbocycles. The zero-order chi connectivity index (χ0) is 15.5. The number of piperidine rings is 1. The summed E-state index contributed by atoms with van der Waals surface area (Å²) >= 11 is 3.32. The Morgan fingerprint density at radius 1 is 1.32 bits per heavy atom. The second-order valence-corrected chi connectivity index (χ2v) is 8.76. The van der Waals surface area contributed by atoms with Crippen molar-refractivity contribution in [3.8, 4) is 0 Å². The number of rotatable bonds is 5. The molecule has 0 bridgehead atoms. The van der Waals surface area contributed by atoms with Crippen LogP contribution in [-0.4, -0.2) is 44.7 Å². The Kier molecular flexibility index (Phi) is 7.82. The van der Waals surface area contributed by atoms with Gasteiger partial charge in [0.1, 0.15) is 0 Å². The largest absolute Gasteiger partial charge is 0.329 e. The maximum atomic E-state index is 12.4. The molecule has 0 saturated carbocycles. The fraction of sp³-hybridized carbons (Fsp3) is 0.600. The van der Waals surface area contributed by atoms with Crippen LogP contribution in [-0.2, 0) is 9.84 Å². The van der Waals surface area contributed by atoms with E-state index in [1.165, 1.54) is 6.42 Å². The third-order valence-corrected chi connectivity index (χ3v) is 6.53. The van der Waals surface area contributed by atoms with Crippen molar-refractivity contribution in [1.82, 2.24) is 4.90 Å². The summed E-state index contributed by atoms with van der Waals surface area (Å²) in [6, 6.07) is 7.13.